The van der Waals surface area contributed by atoms with Crippen molar-refractivity contribution in [2.75, 3.05) is 13.1 Å². The minimum Gasteiger partial charge on any atom is -0.332 e. The van der Waals surface area contributed by atoms with Gasteiger partial charge < -0.3 is 4.57 Å². The number of nitrogens with zero attached hydrogens (tertiary/aromatic N) is 5. The number of aromatic nitrogens is 4. The van der Waals surface area contributed by atoms with E-state index in [-0.39, 0.29) is 5.03 Å². The fourth-order valence-corrected chi connectivity index (χ4v) is 5.43. The van der Waals surface area contributed by atoms with Crippen LogP contribution in [0.1, 0.15) is 30.1 Å². The highest BCUT2D eigenvalue weighted by molar-refractivity contribution is 7.89. The molecule has 0 saturated carbocycles. The lowest BCUT2D eigenvalue weighted by Crippen LogP contribution is -2.40. The van der Waals surface area contributed by atoms with Crippen LogP contribution in [0.3, 0.4) is 0 Å². The molecule has 0 radical (unpaired) electrons. The first-order chi connectivity index (χ1) is 13.6. The van der Waals surface area contributed by atoms with E-state index in [9.17, 15) is 8.42 Å². The summed E-state index contributed by atoms with van der Waals surface area (Å²) in [6.07, 6.45) is 7.56. The van der Waals surface area contributed by atoms with Crippen LogP contribution in [0, 0.1) is 6.92 Å². The van der Waals surface area contributed by atoms with Crippen LogP contribution in [0.5, 0.6) is 0 Å². The van der Waals surface area contributed by atoms with E-state index in [1.54, 1.807) is 21.3 Å². The third-order valence-electron chi connectivity index (χ3n) is 5.41. The van der Waals surface area contributed by atoms with Gasteiger partial charge in [-0.05, 0) is 37.8 Å². The second-order valence-corrected chi connectivity index (χ2v) is 9.09. The lowest BCUT2D eigenvalue weighted by molar-refractivity contribution is 0.270. The lowest BCUT2D eigenvalue weighted by Gasteiger charge is -2.32. The third kappa shape index (κ3) is 3.74. The second-order valence-electron chi connectivity index (χ2n) is 7.21. The Balaban J connectivity index is 1.45. The Bertz CT molecular complexity index is 1020. The molecule has 0 N–H and O–H groups in total. The van der Waals surface area contributed by atoms with Crippen LogP contribution in [-0.2, 0) is 23.0 Å². The molecule has 1 aliphatic heterocycles. The maximum absolute atomic E-state index is 13.2. The molecule has 3 aromatic rings. The van der Waals surface area contributed by atoms with Crippen LogP contribution >= 0.6 is 0 Å². The van der Waals surface area contributed by atoms with Gasteiger partial charge >= 0.3 is 0 Å². The minimum absolute atomic E-state index is 0.278. The summed E-state index contributed by atoms with van der Waals surface area (Å²) < 4.78 is 31.7. The molecule has 1 saturated heterocycles. The highest BCUT2D eigenvalue weighted by atomic mass is 32.2. The van der Waals surface area contributed by atoms with E-state index in [0.717, 1.165) is 30.5 Å². The minimum atomic E-state index is -3.55. The van der Waals surface area contributed by atoms with E-state index in [4.69, 9.17) is 0 Å². The molecule has 28 heavy (non-hydrogen) atoms. The summed E-state index contributed by atoms with van der Waals surface area (Å²) in [6, 6.07) is 11.9. The first-order valence-corrected chi connectivity index (χ1v) is 11.0. The number of benzene rings is 1. The highest BCUT2D eigenvalue weighted by Gasteiger charge is 2.32. The molecule has 0 aliphatic carbocycles. The van der Waals surface area contributed by atoms with Crippen LogP contribution in [0.4, 0.5) is 0 Å². The summed E-state index contributed by atoms with van der Waals surface area (Å²) in [5.74, 6) is 0. The molecule has 7 nitrogen and oxygen atoms in total. The third-order valence-corrected chi connectivity index (χ3v) is 7.33. The summed E-state index contributed by atoms with van der Waals surface area (Å²) in [5, 5.41) is 4.54. The van der Waals surface area contributed by atoms with Gasteiger partial charge in [-0.3, -0.25) is 4.68 Å². The van der Waals surface area contributed by atoms with Gasteiger partial charge in [0.2, 0.25) is 0 Å². The van der Waals surface area contributed by atoms with Gasteiger partial charge in [0, 0.05) is 37.6 Å². The van der Waals surface area contributed by atoms with Gasteiger partial charge in [-0.15, -0.1) is 0 Å². The average molecular weight is 400 g/mol. The number of imidazole rings is 1. The standard InChI is InChI=1S/C20H25N5O2S/c1-17-15-21-16-24(17)19-9-12-23(13-10-19)28(26,27)20-7-11-22-25(20)14-8-18-5-3-2-4-6-18/h2-7,11,15-16,19H,8-10,12-14H2,1H3. The topological polar surface area (TPSA) is 73.0 Å². The summed E-state index contributed by atoms with van der Waals surface area (Å²) in [4.78, 5) is 4.18. The van der Waals surface area contributed by atoms with Crippen molar-refractivity contribution in [1.29, 1.82) is 0 Å². The number of rotatable bonds is 6. The van der Waals surface area contributed by atoms with Crippen LogP contribution in [-0.4, -0.2) is 45.1 Å². The highest BCUT2D eigenvalue weighted by Crippen LogP contribution is 2.27. The lowest BCUT2D eigenvalue weighted by atomic mass is 10.1. The zero-order valence-corrected chi connectivity index (χ0v) is 16.8. The van der Waals surface area contributed by atoms with Crippen molar-refractivity contribution in [2.45, 2.75) is 43.8 Å². The van der Waals surface area contributed by atoms with Gasteiger partial charge in [0.1, 0.15) is 0 Å². The molecule has 8 heteroatoms. The Hall–Kier alpha value is -2.45. The molecular formula is C20H25N5O2S. The van der Waals surface area contributed by atoms with Crippen molar-refractivity contribution in [2.24, 2.45) is 0 Å². The summed E-state index contributed by atoms with van der Waals surface area (Å²) >= 11 is 0. The number of hydrogen-bond donors (Lipinski definition) is 0. The Morgan fingerprint density at radius 3 is 2.54 bits per heavy atom. The van der Waals surface area contributed by atoms with E-state index >= 15 is 0 Å². The van der Waals surface area contributed by atoms with Crippen LogP contribution in [0.25, 0.3) is 0 Å². The van der Waals surface area contributed by atoms with Crippen LogP contribution in [0.15, 0.2) is 60.1 Å². The zero-order valence-electron chi connectivity index (χ0n) is 16.0. The van der Waals surface area contributed by atoms with Gasteiger partial charge in [0.05, 0.1) is 12.5 Å². The number of hydrogen-bond acceptors (Lipinski definition) is 4. The van der Waals surface area contributed by atoms with Crippen molar-refractivity contribution >= 4 is 10.0 Å². The van der Waals surface area contributed by atoms with E-state index in [2.05, 4.69) is 14.6 Å². The van der Waals surface area contributed by atoms with Gasteiger partial charge in [-0.25, -0.2) is 13.4 Å². The molecule has 0 spiro atoms. The SMILES string of the molecule is Cc1cncn1C1CCN(S(=O)(=O)c2ccnn2CCc2ccccc2)CC1. The van der Waals surface area contributed by atoms with Crippen molar-refractivity contribution in [1.82, 2.24) is 23.6 Å². The molecule has 0 bridgehead atoms. The first kappa shape index (κ1) is 18.9. The van der Waals surface area contributed by atoms with Crippen molar-refractivity contribution in [3.8, 4) is 0 Å². The molecule has 4 rings (SSSR count). The monoisotopic (exact) mass is 399 g/mol. The van der Waals surface area contributed by atoms with Gasteiger partial charge in [-0.2, -0.15) is 9.40 Å². The maximum atomic E-state index is 13.2. The molecule has 0 unspecified atom stereocenters. The van der Waals surface area contributed by atoms with Gasteiger partial charge in [0.25, 0.3) is 10.0 Å². The van der Waals surface area contributed by atoms with E-state index < -0.39 is 10.0 Å². The fraction of sp³-hybridized carbons (Fsp3) is 0.400. The second kappa shape index (κ2) is 7.89. The summed E-state index contributed by atoms with van der Waals surface area (Å²) in [6.45, 7) is 3.58. The number of piperidine rings is 1. The molecule has 1 fully saturated rings. The number of sulfonamides is 1. The van der Waals surface area contributed by atoms with Crippen molar-refractivity contribution < 1.29 is 8.42 Å². The molecule has 1 aliphatic rings. The van der Waals surface area contributed by atoms with E-state index in [1.807, 2.05) is 49.8 Å². The summed E-state index contributed by atoms with van der Waals surface area (Å²) in [7, 11) is -3.55. The molecule has 1 aromatic carbocycles. The molecule has 148 valence electrons. The summed E-state index contributed by atoms with van der Waals surface area (Å²) in [5.41, 5.74) is 2.28. The smallest absolute Gasteiger partial charge is 0.260 e. The largest absolute Gasteiger partial charge is 0.332 e. The molecule has 0 atom stereocenters. The van der Waals surface area contributed by atoms with Crippen molar-refractivity contribution in [3.63, 3.8) is 0 Å². The average Bonchev–Trinajstić information content (AvgIpc) is 3.36. The Kier molecular flexibility index (Phi) is 5.32. The quantitative estimate of drug-likeness (QED) is 0.639. The molecule has 2 aromatic heterocycles. The maximum Gasteiger partial charge on any atom is 0.260 e. The molecular weight excluding hydrogens is 374 g/mol. The van der Waals surface area contributed by atoms with Crippen LogP contribution < -0.4 is 0 Å². The predicted molar refractivity (Wildman–Crippen MR) is 106 cm³/mol. The normalized spacial score (nSPS) is 16.5. The van der Waals surface area contributed by atoms with Crippen LogP contribution in [0.2, 0.25) is 0 Å². The van der Waals surface area contributed by atoms with E-state index in [1.165, 1.54) is 0 Å². The first-order valence-electron chi connectivity index (χ1n) is 9.60. The Morgan fingerprint density at radius 1 is 1.11 bits per heavy atom. The van der Waals surface area contributed by atoms with Gasteiger partial charge in [0.15, 0.2) is 5.03 Å². The number of aryl methyl sites for hydroxylation is 3. The molecule has 0 amide bonds. The van der Waals surface area contributed by atoms with Crippen molar-refractivity contribution in [3.05, 3.63) is 66.4 Å². The Morgan fingerprint density at radius 2 is 1.86 bits per heavy atom. The Labute approximate surface area is 165 Å². The van der Waals surface area contributed by atoms with Gasteiger partial charge in [-0.1, -0.05) is 30.3 Å². The fourth-order valence-electron chi connectivity index (χ4n) is 3.83. The zero-order chi connectivity index (χ0) is 19.6. The van der Waals surface area contributed by atoms with E-state index in [0.29, 0.717) is 25.7 Å². The predicted octanol–water partition coefficient (Wildman–Crippen LogP) is 2.66. The molecule has 3 heterocycles.